The zero-order valence-corrected chi connectivity index (χ0v) is 9.62. The lowest BCUT2D eigenvalue weighted by Crippen LogP contribution is -1.95. The molecule has 0 spiro atoms. The minimum absolute atomic E-state index is 0.0307. The van der Waals surface area contributed by atoms with Gasteiger partial charge in [-0.3, -0.25) is 0 Å². The molecule has 3 N–H and O–H groups in total. The molecule has 1 aromatic carbocycles. The first kappa shape index (κ1) is 11.5. The molecular weight excluding hydrogens is 244 g/mol. The first-order chi connectivity index (χ1) is 8.04. The molecular formula is C11H9ClN2O3. The fourth-order valence-electron chi connectivity index (χ4n) is 1.78. The molecule has 0 unspecified atom stereocenters. The van der Waals surface area contributed by atoms with Gasteiger partial charge in [0.05, 0.1) is 5.56 Å². The van der Waals surface area contributed by atoms with Gasteiger partial charge in [-0.25, -0.2) is 4.79 Å². The van der Waals surface area contributed by atoms with Crippen LogP contribution in [0.3, 0.4) is 0 Å². The largest absolute Gasteiger partial charge is 0.478 e. The minimum atomic E-state index is -0.998. The lowest BCUT2D eigenvalue weighted by Gasteiger charge is -1.97. The highest BCUT2D eigenvalue weighted by Gasteiger charge is 2.14. The topological polar surface area (TPSA) is 85.7 Å². The molecule has 0 bridgehead atoms. The normalized spacial score (nSPS) is 12.0. The fourth-order valence-corrected chi connectivity index (χ4v) is 2.02. The number of aromatic carboxylic acids is 1. The summed E-state index contributed by atoms with van der Waals surface area (Å²) in [6, 6.07) is 4.61. The molecule has 0 saturated heterocycles. The third-order valence-electron chi connectivity index (χ3n) is 2.53. The number of nitrogens with zero attached hydrogens (tertiary/aromatic N) is 1. The number of aryl methyl sites for hydroxylation is 1. The number of aromatic amines is 1. The van der Waals surface area contributed by atoms with E-state index in [4.69, 9.17) is 21.9 Å². The Morgan fingerprint density at radius 1 is 1.47 bits per heavy atom. The van der Waals surface area contributed by atoms with Crippen LogP contribution in [0.5, 0.6) is 0 Å². The van der Waals surface area contributed by atoms with Gasteiger partial charge in [0.25, 0.3) is 0 Å². The van der Waals surface area contributed by atoms with Crippen LogP contribution in [0.4, 0.5) is 0 Å². The van der Waals surface area contributed by atoms with E-state index in [9.17, 15) is 4.79 Å². The van der Waals surface area contributed by atoms with Gasteiger partial charge in [0.1, 0.15) is 0 Å². The molecule has 1 heterocycles. The van der Waals surface area contributed by atoms with Crippen LogP contribution < -0.4 is 0 Å². The van der Waals surface area contributed by atoms with E-state index in [1.165, 1.54) is 12.1 Å². The fraction of sp³-hybridized carbons (Fsp3) is 0.0909. The highest BCUT2D eigenvalue weighted by molar-refractivity contribution is 6.70. The van der Waals surface area contributed by atoms with Crippen molar-refractivity contribution in [2.75, 3.05) is 0 Å². The van der Waals surface area contributed by atoms with Crippen LogP contribution in [0, 0.1) is 6.92 Å². The van der Waals surface area contributed by atoms with E-state index in [-0.39, 0.29) is 10.7 Å². The van der Waals surface area contributed by atoms with Crippen LogP contribution in [-0.2, 0) is 0 Å². The summed E-state index contributed by atoms with van der Waals surface area (Å²) in [5, 5.41) is 21.2. The van der Waals surface area contributed by atoms with Gasteiger partial charge in [-0.2, -0.15) is 0 Å². The third kappa shape index (κ3) is 1.85. The van der Waals surface area contributed by atoms with Crippen molar-refractivity contribution in [1.82, 2.24) is 4.98 Å². The number of nitrogens with one attached hydrogen (secondary N) is 1. The number of carboxylic acid groups (broad SMARTS) is 1. The van der Waals surface area contributed by atoms with E-state index in [1.54, 1.807) is 13.0 Å². The number of carboxylic acids is 1. The zero-order chi connectivity index (χ0) is 12.6. The highest BCUT2D eigenvalue weighted by Crippen LogP contribution is 2.25. The van der Waals surface area contributed by atoms with Gasteiger partial charge in [0, 0.05) is 22.2 Å². The Hall–Kier alpha value is -2.01. The SMILES string of the molecule is Cc1[nH]c2cc(C(=O)O)ccc2c1C(Cl)=NO. The van der Waals surface area contributed by atoms with Gasteiger partial charge in [-0.15, -0.1) is 0 Å². The van der Waals surface area contributed by atoms with E-state index in [1.807, 2.05) is 0 Å². The van der Waals surface area contributed by atoms with Crippen molar-refractivity contribution < 1.29 is 15.1 Å². The van der Waals surface area contributed by atoms with Crippen LogP contribution in [0.25, 0.3) is 10.9 Å². The van der Waals surface area contributed by atoms with Crippen LogP contribution in [-0.4, -0.2) is 26.4 Å². The summed E-state index contributed by atoms with van der Waals surface area (Å²) >= 11 is 5.78. The molecule has 0 aliphatic carbocycles. The minimum Gasteiger partial charge on any atom is -0.478 e. The molecule has 0 saturated carbocycles. The molecule has 0 atom stereocenters. The number of H-pyrrole nitrogens is 1. The second kappa shape index (κ2) is 4.10. The number of carbonyl (C=O) groups is 1. The van der Waals surface area contributed by atoms with Gasteiger partial charge in [0.15, 0.2) is 5.17 Å². The number of aromatic nitrogens is 1. The van der Waals surface area contributed by atoms with Gasteiger partial charge < -0.3 is 15.3 Å². The molecule has 0 aliphatic heterocycles. The van der Waals surface area contributed by atoms with E-state index in [2.05, 4.69) is 10.1 Å². The number of halogens is 1. The second-order valence-electron chi connectivity index (χ2n) is 3.58. The number of oxime groups is 1. The lowest BCUT2D eigenvalue weighted by atomic mass is 10.1. The van der Waals surface area contributed by atoms with E-state index in [0.717, 1.165) is 5.39 Å². The maximum Gasteiger partial charge on any atom is 0.335 e. The van der Waals surface area contributed by atoms with Gasteiger partial charge in [0.2, 0.25) is 0 Å². The molecule has 0 amide bonds. The smallest absolute Gasteiger partial charge is 0.335 e. The van der Waals surface area contributed by atoms with E-state index in [0.29, 0.717) is 16.8 Å². The van der Waals surface area contributed by atoms with Crippen LogP contribution in [0.15, 0.2) is 23.4 Å². The summed E-state index contributed by atoms with van der Waals surface area (Å²) in [4.78, 5) is 13.8. The number of rotatable bonds is 2. The molecule has 1 aromatic heterocycles. The summed E-state index contributed by atoms with van der Waals surface area (Å²) < 4.78 is 0. The maximum absolute atomic E-state index is 10.8. The summed E-state index contributed by atoms with van der Waals surface area (Å²) in [7, 11) is 0. The summed E-state index contributed by atoms with van der Waals surface area (Å²) in [6.07, 6.45) is 0. The Kier molecular flexibility index (Phi) is 2.77. The van der Waals surface area contributed by atoms with Crippen molar-refractivity contribution in [2.45, 2.75) is 6.92 Å². The van der Waals surface area contributed by atoms with Crippen molar-refractivity contribution >= 4 is 33.6 Å². The first-order valence-electron chi connectivity index (χ1n) is 4.78. The Bertz CT molecular complexity index is 631. The van der Waals surface area contributed by atoms with Gasteiger partial charge in [-0.1, -0.05) is 22.8 Å². The quantitative estimate of drug-likeness (QED) is 0.436. The van der Waals surface area contributed by atoms with Crippen molar-refractivity contribution in [3.8, 4) is 0 Å². The van der Waals surface area contributed by atoms with Crippen molar-refractivity contribution in [3.05, 3.63) is 35.0 Å². The van der Waals surface area contributed by atoms with Crippen LogP contribution >= 0.6 is 11.6 Å². The monoisotopic (exact) mass is 252 g/mol. The predicted molar refractivity (Wildman–Crippen MR) is 64.2 cm³/mol. The average molecular weight is 253 g/mol. The molecule has 6 heteroatoms. The molecule has 0 fully saturated rings. The third-order valence-corrected chi connectivity index (χ3v) is 2.79. The van der Waals surface area contributed by atoms with E-state index < -0.39 is 5.97 Å². The Morgan fingerprint density at radius 2 is 2.18 bits per heavy atom. The molecule has 0 aliphatic rings. The van der Waals surface area contributed by atoms with Crippen molar-refractivity contribution in [3.63, 3.8) is 0 Å². The number of hydrogen-bond donors (Lipinski definition) is 3. The Morgan fingerprint density at radius 3 is 2.76 bits per heavy atom. The Balaban J connectivity index is 2.73. The number of hydrogen-bond acceptors (Lipinski definition) is 3. The zero-order valence-electron chi connectivity index (χ0n) is 8.86. The average Bonchev–Trinajstić information content (AvgIpc) is 2.62. The second-order valence-corrected chi connectivity index (χ2v) is 3.94. The molecule has 0 radical (unpaired) electrons. The molecule has 88 valence electrons. The predicted octanol–water partition coefficient (Wildman–Crippen LogP) is 2.55. The number of fused-ring (bicyclic) bond motifs is 1. The molecule has 2 rings (SSSR count). The maximum atomic E-state index is 10.8. The highest BCUT2D eigenvalue weighted by atomic mass is 35.5. The first-order valence-corrected chi connectivity index (χ1v) is 5.16. The van der Waals surface area contributed by atoms with Gasteiger partial charge >= 0.3 is 5.97 Å². The van der Waals surface area contributed by atoms with Crippen LogP contribution in [0.2, 0.25) is 0 Å². The van der Waals surface area contributed by atoms with Crippen molar-refractivity contribution in [2.24, 2.45) is 5.16 Å². The molecule has 5 nitrogen and oxygen atoms in total. The number of benzene rings is 1. The van der Waals surface area contributed by atoms with Crippen LogP contribution in [0.1, 0.15) is 21.6 Å². The molecule has 17 heavy (non-hydrogen) atoms. The summed E-state index contributed by atoms with van der Waals surface area (Å²) in [5.74, 6) is -0.998. The summed E-state index contributed by atoms with van der Waals surface area (Å²) in [6.45, 7) is 1.77. The van der Waals surface area contributed by atoms with Crippen molar-refractivity contribution in [1.29, 1.82) is 0 Å². The Labute approximate surface area is 101 Å². The standard InChI is InChI=1S/C11H9ClN2O3/c1-5-9(10(12)14-17)7-3-2-6(11(15)16)4-8(7)13-5/h2-4,13,17H,1H3,(H,15,16). The lowest BCUT2D eigenvalue weighted by molar-refractivity contribution is 0.0697. The molecule has 2 aromatic rings. The van der Waals surface area contributed by atoms with Gasteiger partial charge in [-0.05, 0) is 19.1 Å². The van der Waals surface area contributed by atoms with E-state index >= 15 is 0 Å². The summed E-state index contributed by atoms with van der Waals surface area (Å²) in [5.41, 5.74) is 2.10.